The van der Waals surface area contributed by atoms with Crippen LogP contribution in [0.25, 0.3) is 0 Å². The number of carboxylic acids is 2. The second-order valence-electron chi connectivity index (χ2n) is 7.84. The Kier molecular flexibility index (Phi) is 7.67. The van der Waals surface area contributed by atoms with E-state index >= 15 is 0 Å². The fraction of sp³-hybridized carbons (Fsp3) is 0.350. The zero-order chi connectivity index (χ0) is 27.0. The topological polar surface area (TPSA) is 189 Å². The molecule has 4 rings (SSSR count). The molecule has 196 valence electrons. The highest BCUT2D eigenvalue weighted by Crippen LogP contribution is 2.41. The molecule has 2 aliphatic rings. The number of carboxylic acid groups (broad SMARTS) is 2. The maximum atomic E-state index is 13.0. The molecule has 2 aliphatic heterocycles. The van der Waals surface area contributed by atoms with E-state index in [-0.39, 0.29) is 41.0 Å². The highest BCUT2D eigenvalue weighted by molar-refractivity contribution is 8.00. The summed E-state index contributed by atoms with van der Waals surface area (Å²) in [5.41, 5.74) is 6.55. The van der Waals surface area contributed by atoms with Crippen molar-refractivity contribution in [2.24, 2.45) is 5.16 Å². The fourth-order valence-corrected chi connectivity index (χ4v) is 7.27. The van der Waals surface area contributed by atoms with Crippen molar-refractivity contribution < 1.29 is 34.2 Å². The summed E-state index contributed by atoms with van der Waals surface area (Å²) in [7, 11) is 1.26. The number of amides is 2. The van der Waals surface area contributed by atoms with E-state index < -0.39 is 35.2 Å². The Morgan fingerprint density at radius 2 is 2.11 bits per heavy atom. The third-order valence-corrected chi connectivity index (χ3v) is 9.16. The standard InChI is InChI=1S/C20H20N6O7S4/c1-7-10(3-11(27)28)37-20(34)25(7)4-8-5-35-17-13(16(30)26(17)14(8)18(31)32)23-15(29)12(24-33-2)9-6-36-19(21)22-9/h6,13,17H,3-5H2,1-2H3,(H2,21,22)(H,23,29)(H,27,28)(H,31,32)/b24-12-/t13-,17-/m1/s1. The lowest BCUT2D eigenvalue weighted by atomic mass is 10.0. The number of rotatable bonds is 9. The van der Waals surface area contributed by atoms with Crippen LogP contribution in [0.5, 0.6) is 0 Å². The first-order valence-electron chi connectivity index (χ1n) is 10.5. The molecule has 2 atom stereocenters. The highest BCUT2D eigenvalue weighted by Gasteiger charge is 2.54. The summed E-state index contributed by atoms with van der Waals surface area (Å²) in [6, 6.07) is -0.987. The van der Waals surface area contributed by atoms with E-state index in [2.05, 4.69) is 15.5 Å². The Morgan fingerprint density at radius 1 is 1.38 bits per heavy atom. The molecule has 1 fully saturated rings. The molecule has 2 aromatic rings. The Hall–Kier alpha value is -3.28. The van der Waals surface area contributed by atoms with Crippen molar-refractivity contribution in [3.63, 3.8) is 0 Å². The number of nitrogens with zero attached hydrogens (tertiary/aromatic N) is 4. The van der Waals surface area contributed by atoms with E-state index in [1.54, 1.807) is 11.5 Å². The molecule has 4 heterocycles. The van der Waals surface area contributed by atoms with E-state index in [0.29, 0.717) is 20.1 Å². The first kappa shape index (κ1) is 26.8. The molecule has 1 saturated heterocycles. The molecule has 0 aliphatic carbocycles. The van der Waals surface area contributed by atoms with Crippen LogP contribution in [-0.4, -0.2) is 78.4 Å². The number of carbonyl (C=O) groups excluding carboxylic acids is 2. The molecule has 2 amide bonds. The van der Waals surface area contributed by atoms with Gasteiger partial charge in [0, 0.05) is 28.2 Å². The number of nitrogen functional groups attached to an aromatic ring is 1. The van der Waals surface area contributed by atoms with Gasteiger partial charge < -0.3 is 30.7 Å². The number of aliphatic carboxylic acids is 2. The van der Waals surface area contributed by atoms with E-state index in [1.165, 1.54) is 24.3 Å². The van der Waals surface area contributed by atoms with Gasteiger partial charge in [0.1, 0.15) is 29.9 Å². The molecule has 0 unspecified atom stereocenters. The number of aromatic nitrogens is 2. The first-order chi connectivity index (χ1) is 17.5. The number of carbonyl (C=O) groups is 4. The SMILES string of the molecule is CO/N=C(\C(=O)N[C@@H]1C(=O)N2C(C(=O)O)=C(Cn3c(C)c(CC(=O)O)sc3=S)CS[C@H]12)c1csc(N)n1. The second-order valence-corrected chi connectivity index (χ2v) is 11.6. The smallest absolute Gasteiger partial charge is 0.352 e. The molecule has 0 spiro atoms. The molecule has 17 heteroatoms. The van der Waals surface area contributed by atoms with Gasteiger partial charge in [0.05, 0.1) is 6.42 Å². The van der Waals surface area contributed by atoms with Crippen LogP contribution in [0.3, 0.4) is 0 Å². The number of fused-ring (bicyclic) bond motifs is 1. The van der Waals surface area contributed by atoms with E-state index in [0.717, 1.165) is 27.6 Å². The first-order valence-corrected chi connectivity index (χ1v) is 13.6. The summed E-state index contributed by atoms with van der Waals surface area (Å²) in [4.78, 5) is 59.7. The van der Waals surface area contributed by atoms with Crippen LogP contribution in [0.2, 0.25) is 0 Å². The van der Waals surface area contributed by atoms with Gasteiger partial charge in [0.25, 0.3) is 11.8 Å². The minimum Gasteiger partial charge on any atom is -0.481 e. The summed E-state index contributed by atoms with van der Waals surface area (Å²) in [6.07, 6.45) is -0.192. The van der Waals surface area contributed by atoms with Crippen molar-refractivity contribution in [3.8, 4) is 0 Å². The minimum atomic E-state index is -1.29. The molecule has 13 nitrogen and oxygen atoms in total. The zero-order valence-electron chi connectivity index (χ0n) is 19.3. The van der Waals surface area contributed by atoms with Crippen LogP contribution in [0.1, 0.15) is 16.3 Å². The van der Waals surface area contributed by atoms with Gasteiger partial charge >= 0.3 is 11.9 Å². The van der Waals surface area contributed by atoms with Crippen LogP contribution in [0.4, 0.5) is 5.13 Å². The molecule has 0 aromatic carbocycles. The van der Waals surface area contributed by atoms with Gasteiger partial charge in [-0.15, -0.1) is 34.4 Å². The molecule has 5 N–H and O–H groups in total. The number of hydrogen-bond donors (Lipinski definition) is 4. The monoisotopic (exact) mass is 584 g/mol. The summed E-state index contributed by atoms with van der Waals surface area (Å²) < 4.78 is 2.08. The van der Waals surface area contributed by atoms with Gasteiger partial charge in [-0.05, 0) is 24.7 Å². The Labute approximate surface area is 226 Å². The summed E-state index contributed by atoms with van der Waals surface area (Å²) in [6.45, 7) is 1.82. The highest BCUT2D eigenvalue weighted by atomic mass is 32.2. The van der Waals surface area contributed by atoms with Gasteiger partial charge in [-0.1, -0.05) is 5.16 Å². The Morgan fingerprint density at radius 3 is 2.70 bits per heavy atom. The maximum absolute atomic E-state index is 13.0. The number of nitrogens with two attached hydrogens (primary N) is 1. The average molecular weight is 585 g/mol. The predicted octanol–water partition coefficient (Wildman–Crippen LogP) is 1.04. The van der Waals surface area contributed by atoms with Crippen LogP contribution < -0.4 is 11.1 Å². The quantitative estimate of drug-likeness (QED) is 0.143. The Bertz CT molecular complexity index is 1420. The molecule has 2 aromatic heterocycles. The molecule has 0 saturated carbocycles. The van der Waals surface area contributed by atoms with Crippen LogP contribution in [0, 0.1) is 10.9 Å². The molecule has 0 radical (unpaired) electrons. The number of nitrogens with one attached hydrogen (secondary N) is 1. The van der Waals surface area contributed by atoms with Crippen LogP contribution in [-0.2, 0) is 37.0 Å². The van der Waals surface area contributed by atoms with E-state index in [9.17, 15) is 24.3 Å². The molecule has 0 bridgehead atoms. The maximum Gasteiger partial charge on any atom is 0.352 e. The average Bonchev–Trinajstić information content (AvgIpc) is 3.37. The lowest BCUT2D eigenvalue weighted by Gasteiger charge is -2.49. The number of β-lactam (4-membered cyclic amide) rings is 1. The number of thioether (sulfide) groups is 1. The lowest BCUT2D eigenvalue weighted by Crippen LogP contribution is -2.71. The predicted molar refractivity (Wildman–Crippen MR) is 139 cm³/mol. The van der Waals surface area contributed by atoms with Crippen molar-refractivity contribution in [2.45, 2.75) is 31.3 Å². The van der Waals surface area contributed by atoms with Crippen LogP contribution >= 0.6 is 46.7 Å². The summed E-state index contributed by atoms with van der Waals surface area (Å²) in [5.74, 6) is -3.33. The summed E-state index contributed by atoms with van der Waals surface area (Å²) in [5, 5.41) is 26.5. The van der Waals surface area contributed by atoms with Gasteiger partial charge in [-0.3, -0.25) is 19.3 Å². The number of thiazole rings is 2. The minimum absolute atomic E-state index is 0.0961. The third kappa shape index (κ3) is 5.11. The third-order valence-electron chi connectivity index (χ3n) is 5.60. The molecule has 37 heavy (non-hydrogen) atoms. The second kappa shape index (κ2) is 10.6. The zero-order valence-corrected chi connectivity index (χ0v) is 22.6. The largest absolute Gasteiger partial charge is 0.481 e. The Balaban J connectivity index is 1.56. The van der Waals surface area contributed by atoms with Gasteiger partial charge in [-0.25, -0.2) is 9.78 Å². The number of anilines is 1. The van der Waals surface area contributed by atoms with Crippen molar-refractivity contribution >= 4 is 81.2 Å². The molecular formula is C20H20N6O7S4. The van der Waals surface area contributed by atoms with Gasteiger partial charge in [0.2, 0.25) is 0 Å². The fourth-order valence-electron chi connectivity index (χ4n) is 3.90. The van der Waals surface area contributed by atoms with Crippen molar-refractivity contribution in [1.82, 2.24) is 19.8 Å². The van der Waals surface area contributed by atoms with Gasteiger partial charge in [-0.2, -0.15) is 0 Å². The summed E-state index contributed by atoms with van der Waals surface area (Å²) >= 11 is 8.94. The number of hydrogen-bond acceptors (Lipinski definition) is 12. The lowest BCUT2D eigenvalue weighted by molar-refractivity contribution is -0.150. The van der Waals surface area contributed by atoms with E-state index in [4.69, 9.17) is 27.9 Å². The normalized spacial score (nSPS) is 19.4. The van der Waals surface area contributed by atoms with Crippen molar-refractivity contribution in [2.75, 3.05) is 18.6 Å². The van der Waals surface area contributed by atoms with E-state index in [1.807, 2.05) is 0 Å². The van der Waals surface area contributed by atoms with Crippen molar-refractivity contribution in [1.29, 1.82) is 0 Å². The van der Waals surface area contributed by atoms with Gasteiger partial charge in [0.15, 0.2) is 14.8 Å². The van der Waals surface area contributed by atoms with Crippen molar-refractivity contribution in [3.05, 3.63) is 36.9 Å². The molecular weight excluding hydrogens is 565 g/mol. The number of oxime groups is 1. The van der Waals surface area contributed by atoms with Crippen LogP contribution in [0.15, 0.2) is 21.8 Å².